The summed E-state index contributed by atoms with van der Waals surface area (Å²) in [4.78, 5) is 45.5. The fraction of sp³-hybridized carbons (Fsp3) is 0.304. The van der Waals surface area contributed by atoms with Gasteiger partial charge in [-0.05, 0) is 24.6 Å². The van der Waals surface area contributed by atoms with E-state index in [1.54, 1.807) is 31.2 Å². The first-order chi connectivity index (χ1) is 16.6. The Labute approximate surface area is 232 Å². The Kier molecular flexibility index (Phi) is 7.47. The molecule has 3 aromatic rings. The van der Waals surface area contributed by atoms with E-state index in [0.717, 1.165) is 16.9 Å². The first-order valence-corrected chi connectivity index (χ1v) is 12.4. The third-order valence-electron chi connectivity index (χ3n) is 6.53. The Morgan fingerprint density at radius 2 is 1.83 bits per heavy atom. The molecule has 13 heteroatoms. The molecule has 0 radical (unpaired) electrons. The third kappa shape index (κ3) is 4.88. The van der Waals surface area contributed by atoms with Crippen LogP contribution in [0.3, 0.4) is 0 Å². The molecule has 184 valence electrons. The number of fused-ring (bicyclic) bond motifs is 1. The SMILES string of the molecule is Cc1[nH]c(C(=O)NC2[C@H]3CN(c4nc(Cc5ccc(C(N)=O)cc5)c(C(=O)O)s4)C[C@@H]23)c(Cl)c1Cl.[LiH]. The molecular weight excluding hydrogens is 520 g/mol. The minimum atomic E-state index is -1.02. The van der Waals surface area contributed by atoms with Gasteiger partial charge in [0.2, 0.25) is 5.91 Å². The van der Waals surface area contributed by atoms with Crippen LogP contribution >= 0.6 is 34.5 Å². The summed E-state index contributed by atoms with van der Waals surface area (Å²) in [6.07, 6.45) is 0.329. The van der Waals surface area contributed by atoms with Crippen LogP contribution in [0.5, 0.6) is 0 Å². The molecule has 0 bridgehead atoms. The van der Waals surface area contributed by atoms with Crippen molar-refractivity contribution in [2.24, 2.45) is 17.6 Å². The van der Waals surface area contributed by atoms with E-state index in [9.17, 15) is 19.5 Å². The molecular formula is C23H22Cl2LiN5O4S. The zero-order chi connectivity index (χ0) is 25.0. The van der Waals surface area contributed by atoms with Crippen LogP contribution in [0, 0.1) is 18.8 Å². The van der Waals surface area contributed by atoms with Gasteiger partial charge >= 0.3 is 24.8 Å². The number of amides is 2. The summed E-state index contributed by atoms with van der Waals surface area (Å²) >= 11 is 13.4. The molecule has 3 atom stereocenters. The molecule has 3 heterocycles. The number of halogens is 2. The van der Waals surface area contributed by atoms with E-state index in [-0.39, 0.29) is 58.2 Å². The molecule has 2 aromatic heterocycles. The van der Waals surface area contributed by atoms with Gasteiger partial charge in [-0.15, -0.1) is 0 Å². The number of benzene rings is 1. The minimum absolute atomic E-state index is 0. The molecule has 2 fully saturated rings. The Balaban J connectivity index is 0.00000304. The number of aromatic carboxylic acids is 1. The summed E-state index contributed by atoms with van der Waals surface area (Å²) in [7, 11) is 0. The van der Waals surface area contributed by atoms with Crippen molar-refractivity contribution < 1.29 is 19.5 Å². The van der Waals surface area contributed by atoms with Crippen LogP contribution in [-0.4, -0.2) is 70.9 Å². The van der Waals surface area contributed by atoms with E-state index < -0.39 is 11.9 Å². The number of thiazole rings is 1. The fourth-order valence-corrected chi connectivity index (χ4v) is 5.95. The van der Waals surface area contributed by atoms with Gasteiger partial charge in [-0.3, -0.25) is 9.59 Å². The Morgan fingerprint density at radius 3 is 2.36 bits per heavy atom. The molecule has 5 rings (SSSR count). The van der Waals surface area contributed by atoms with Crippen molar-refractivity contribution in [2.45, 2.75) is 19.4 Å². The van der Waals surface area contributed by atoms with Crippen LogP contribution in [0.2, 0.25) is 10.0 Å². The first-order valence-electron chi connectivity index (χ1n) is 10.8. The molecule has 1 aliphatic heterocycles. The molecule has 9 nitrogen and oxygen atoms in total. The summed E-state index contributed by atoms with van der Waals surface area (Å²) < 4.78 is 0. The van der Waals surface area contributed by atoms with Crippen molar-refractivity contribution in [1.82, 2.24) is 15.3 Å². The third-order valence-corrected chi connectivity index (χ3v) is 8.63. The summed E-state index contributed by atoms with van der Waals surface area (Å²) in [6, 6.07) is 6.74. The van der Waals surface area contributed by atoms with Gasteiger partial charge in [0.15, 0.2) is 5.13 Å². The molecule has 2 aliphatic rings. The van der Waals surface area contributed by atoms with E-state index in [1.165, 1.54) is 0 Å². The number of carboxylic acid groups (broad SMARTS) is 1. The number of aryl methyl sites for hydroxylation is 1. The Morgan fingerprint density at radius 1 is 1.19 bits per heavy atom. The van der Waals surface area contributed by atoms with Crippen LogP contribution in [0.25, 0.3) is 0 Å². The number of nitrogens with one attached hydrogen (secondary N) is 2. The quantitative estimate of drug-likeness (QED) is 0.339. The zero-order valence-electron chi connectivity index (χ0n) is 18.5. The maximum absolute atomic E-state index is 12.6. The summed E-state index contributed by atoms with van der Waals surface area (Å²) in [5, 5.41) is 13.9. The van der Waals surface area contributed by atoms with Crippen molar-refractivity contribution in [3.63, 3.8) is 0 Å². The van der Waals surface area contributed by atoms with Gasteiger partial charge in [-0.25, -0.2) is 9.78 Å². The van der Waals surface area contributed by atoms with Gasteiger partial charge in [-0.2, -0.15) is 0 Å². The number of piperidine rings is 1. The average molecular weight is 542 g/mol. The van der Waals surface area contributed by atoms with Gasteiger partial charge in [0.1, 0.15) is 10.6 Å². The topological polar surface area (TPSA) is 141 Å². The van der Waals surface area contributed by atoms with Crippen molar-refractivity contribution in [1.29, 1.82) is 0 Å². The van der Waals surface area contributed by atoms with Gasteiger partial charge in [-0.1, -0.05) is 46.7 Å². The number of carboxylic acids is 1. The fourth-order valence-electron chi connectivity index (χ4n) is 4.59. The zero-order valence-corrected chi connectivity index (χ0v) is 20.8. The average Bonchev–Trinajstić information content (AvgIpc) is 3.19. The Hall–Kier alpha value is -2.48. The summed E-state index contributed by atoms with van der Waals surface area (Å²) in [5.74, 6) is -1.32. The standard InChI is InChI=1S/C23H21Cl2N5O4S.Li.H/c1-9-15(24)16(25)18(27-9)21(32)29-17-12-7-30(8-13(12)17)23-28-14(19(35-23)22(33)34)6-10-2-4-11(5-3-10)20(26)31;;/h2-5,12-13,17,27H,6-8H2,1H3,(H2,26,31)(H,29,32)(H,33,34);;/t12-,13+,17?;;. The molecule has 1 aromatic carbocycles. The van der Waals surface area contributed by atoms with Crippen LogP contribution in [0.4, 0.5) is 5.13 Å². The molecule has 1 saturated heterocycles. The van der Waals surface area contributed by atoms with E-state index in [0.29, 0.717) is 46.6 Å². The molecule has 36 heavy (non-hydrogen) atoms. The molecule has 1 aliphatic carbocycles. The number of aromatic amines is 1. The molecule has 1 unspecified atom stereocenters. The molecule has 0 spiro atoms. The summed E-state index contributed by atoms with van der Waals surface area (Å²) in [6.45, 7) is 3.10. The van der Waals surface area contributed by atoms with Crippen LogP contribution < -0.4 is 16.0 Å². The number of H-pyrrole nitrogens is 1. The van der Waals surface area contributed by atoms with E-state index in [4.69, 9.17) is 28.9 Å². The van der Waals surface area contributed by atoms with Crippen molar-refractivity contribution >= 4 is 76.3 Å². The van der Waals surface area contributed by atoms with E-state index >= 15 is 0 Å². The number of carbonyl (C=O) groups excluding carboxylic acids is 2. The molecule has 1 saturated carbocycles. The number of carbonyl (C=O) groups is 3. The molecule has 2 amide bonds. The number of hydrogen-bond donors (Lipinski definition) is 4. The van der Waals surface area contributed by atoms with Crippen molar-refractivity contribution in [2.75, 3.05) is 18.0 Å². The van der Waals surface area contributed by atoms with Crippen LogP contribution in [0.1, 0.15) is 47.5 Å². The molecule has 5 N–H and O–H groups in total. The van der Waals surface area contributed by atoms with E-state index in [1.807, 2.05) is 0 Å². The maximum atomic E-state index is 12.6. The summed E-state index contributed by atoms with van der Waals surface area (Å²) in [5.41, 5.74) is 7.88. The van der Waals surface area contributed by atoms with Gasteiger partial charge in [0, 0.05) is 48.6 Å². The normalized spacial score (nSPS) is 20.0. The number of hydrogen-bond acceptors (Lipinski definition) is 6. The van der Waals surface area contributed by atoms with Crippen LogP contribution in [0.15, 0.2) is 24.3 Å². The van der Waals surface area contributed by atoms with E-state index in [2.05, 4.69) is 20.2 Å². The number of primary amides is 1. The van der Waals surface area contributed by atoms with Crippen LogP contribution in [-0.2, 0) is 6.42 Å². The second-order valence-electron chi connectivity index (χ2n) is 8.80. The predicted molar refractivity (Wildman–Crippen MR) is 140 cm³/mol. The van der Waals surface area contributed by atoms with Crippen molar-refractivity contribution in [3.05, 3.63) is 67.4 Å². The number of nitrogens with zero attached hydrogens (tertiary/aromatic N) is 2. The number of nitrogens with two attached hydrogens (primary N) is 1. The van der Waals surface area contributed by atoms with Gasteiger partial charge in [0.05, 0.1) is 15.7 Å². The number of aromatic nitrogens is 2. The number of anilines is 1. The van der Waals surface area contributed by atoms with Gasteiger partial charge in [0.25, 0.3) is 5.91 Å². The predicted octanol–water partition coefficient (Wildman–Crippen LogP) is 2.69. The number of rotatable bonds is 7. The monoisotopic (exact) mass is 541 g/mol. The second-order valence-corrected chi connectivity index (χ2v) is 10.5. The van der Waals surface area contributed by atoms with Gasteiger partial charge < -0.3 is 26.0 Å². The Bertz CT molecular complexity index is 1350. The van der Waals surface area contributed by atoms with Crippen molar-refractivity contribution in [3.8, 4) is 0 Å². The first kappa shape index (κ1) is 26.6. The second kappa shape index (κ2) is 10.1.